The minimum Gasteiger partial charge on any atom is -0.398 e. The Morgan fingerprint density at radius 2 is 2.00 bits per heavy atom. The summed E-state index contributed by atoms with van der Waals surface area (Å²) >= 11 is 0. The molecule has 3 rings (SSSR count). The quantitative estimate of drug-likeness (QED) is 0.454. The molecule has 12 heavy (non-hydrogen) atoms. The lowest BCUT2D eigenvalue weighted by molar-refractivity contribution is 0.805. The highest BCUT2D eigenvalue weighted by atomic mass is 14.6. The van der Waals surface area contributed by atoms with Crippen LogP contribution in [0, 0.1) is 0 Å². The molecule has 0 aliphatic heterocycles. The molecule has 0 spiro atoms. The lowest BCUT2D eigenvalue weighted by Crippen LogP contribution is -1.98. The summed E-state index contributed by atoms with van der Waals surface area (Å²) in [7, 11) is 0. The second-order valence-electron chi connectivity index (χ2n) is 3.68. The molecule has 0 saturated carbocycles. The van der Waals surface area contributed by atoms with Crippen LogP contribution < -0.4 is 5.73 Å². The third-order valence-corrected chi connectivity index (χ3v) is 3.03. The molecule has 1 aromatic rings. The lowest BCUT2D eigenvalue weighted by Gasteiger charge is -2.11. The van der Waals surface area contributed by atoms with Gasteiger partial charge in [-0.1, -0.05) is 24.3 Å². The average Bonchev–Trinajstić information content (AvgIpc) is 2.64. The third-order valence-electron chi connectivity index (χ3n) is 3.03. The van der Waals surface area contributed by atoms with Crippen LogP contribution in [-0.2, 0) is 0 Å². The van der Waals surface area contributed by atoms with Crippen molar-refractivity contribution in [3.05, 3.63) is 41.5 Å². The van der Waals surface area contributed by atoms with Crippen molar-refractivity contribution in [3.8, 4) is 0 Å². The molecule has 2 bridgehead atoms. The fraction of sp³-hybridized carbons (Fsp3) is 0.273. The van der Waals surface area contributed by atoms with Crippen molar-refractivity contribution in [2.24, 2.45) is 0 Å². The number of anilines is 1. The number of benzene rings is 1. The maximum Gasteiger partial charge on any atom is 0.0355 e. The average molecular weight is 157 g/mol. The summed E-state index contributed by atoms with van der Waals surface area (Å²) in [5.74, 6) is 1.28. The van der Waals surface area contributed by atoms with Gasteiger partial charge in [-0.15, -0.1) is 0 Å². The van der Waals surface area contributed by atoms with Crippen LogP contribution in [0.4, 0.5) is 5.69 Å². The highest BCUT2D eigenvalue weighted by molar-refractivity contribution is 5.60. The van der Waals surface area contributed by atoms with Gasteiger partial charge in [0.05, 0.1) is 0 Å². The zero-order valence-corrected chi connectivity index (χ0v) is 6.83. The van der Waals surface area contributed by atoms with Crippen LogP contribution in [0.5, 0.6) is 0 Å². The summed E-state index contributed by atoms with van der Waals surface area (Å²) in [5.41, 5.74) is 9.75. The molecule has 0 amide bonds. The maximum absolute atomic E-state index is 5.92. The molecular weight excluding hydrogens is 146 g/mol. The van der Waals surface area contributed by atoms with Gasteiger partial charge in [-0.2, -0.15) is 0 Å². The number of nitrogen functional groups attached to an aromatic ring is 1. The van der Waals surface area contributed by atoms with Crippen LogP contribution in [0.25, 0.3) is 0 Å². The molecule has 0 radical (unpaired) electrons. The Labute approximate surface area is 71.9 Å². The predicted molar refractivity (Wildman–Crippen MR) is 50.1 cm³/mol. The fourth-order valence-electron chi connectivity index (χ4n) is 2.50. The van der Waals surface area contributed by atoms with Gasteiger partial charge in [0.2, 0.25) is 0 Å². The molecule has 0 heterocycles. The fourth-order valence-corrected chi connectivity index (χ4v) is 2.50. The molecule has 1 heteroatoms. The van der Waals surface area contributed by atoms with Gasteiger partial charge in [0.1, 0.15) is 0 Å². The van der Waals surface area contributed by atoms with Gasteiger partial charge < -0.3 is 5.73 Å². The Bertz CT molecular complexity index is 365. The number of nitrogens with two attached hydrogens (primary N) is 1. The minimum absolute atomic E-state index is 0.617. The van der Waals surface area contributed by atoms with E-state index in [9.17, 15) is 0 Å². The van der Waals surface area contributed by atoms with Crippen molar-refractivity contribution in [3.63, 3.8) is 0 Å². The van der Waals surface area contributed by atoms with E-state index in [1.54, 1.807) is 0 Å². The number of fused-ring (bicyclic) bond motifs is 5. The third kappa shape index (κ3) is 0.596. The summed E-state index contributed by atoms with van der Waals surface area (Å²) in [5, 5.41) is 0. The van der Waals surface area contributed by atoms with Crippen LogP contribution in [0.15, 0.2) is 30.4 Å². The molecule has 0 aromatic heterocycles. The van der Waals surface area contributed by atoms with Gasteiger partial charge in [-0.3, -0.25) is 0 Å². The second kappa shape index (κ2) is 1.92. The smallest absolute Gasteiger partial charge is 0.0355 e. The normalized spacial score (nSPS) is 29.3. The van der Waals surface area contributed by atoms with Crippen LogP contribution >= 0.6 is 0 Å². The molecule has 2 atom stereocenters. The van der Waals surface area contributed by atoms with E-state index in [1.165, 1.54) is 17.5 Å². The van der Waals surface area contributed by atoms with E-state index in [2.05, 4.69) is 24.3 Å². The van der Waals surface area contributed by atoms with E-state index in [-0.39, 0.29) is 0 Å². The standard InChI is InChI=1S/C11H11N/c12-10-3-1-2-9-7-4-5-8(6-7)11(9)10/h1-5,7-8H,6,12H2/t7-,8+/m1/s1. The van der Waals surface area contributed by atoms with E-state index in [0.29, 0.717) is 11.8 Å². The van der Waals surface area contributed by atoms with E-state index in [0.717, 1.165) is 5.69 Å². The molecule has 60 valence electrons. The number of allylic oxidation sites excluding steroid dienone is 2. The van der Waals surface area contributed by atoms with Crippen LogP contribution in [0.2, 0.25) is 0 Å². The second-order valence-corrected chi connectivity index (χ2v) is 3.68. The zero-order chi connectivity index (χ0) is 8.13. The first-order valence-corrected chi connectivity index (χ1v) is 4.43. The van der Waals surface area contributed by atoms with Gasteiger partial charge >= 0.3 is 0 Å². The van der Waals surface area contributed by atoms with Crippen molar-refractivity contribution in [1.82, 2.24) is 0 Å². The monoisotopic (exact) mass is 157 g/mol. The Hall–Kier alpha value is -1.24. The number of hydrogen-bond donors (Lipinski definition) is 1. The Morgan fingerprint density at radius 1 is 1.17 bits per heavy atom. The van der Waals surface area contributed by atoms with E-state index in [1.807, 2.05) is 6.07 Å². The highest BCUT2D eigenvalue weighted by Gasteiger charge is 2.33. The van der Waals surface area contributed by atoms with Gasteiger partial charge in [0.15, 0.2) is 0 Å². The summed E-state index contributed by atoms with van der Waals surface area (Å²) < 4.78 is 0. The maximum atomic E-state index is 5.92. The van der Waals surface area contributed by atoms with Crippen LogP contribution in [0.1, 0.15) is 29.4 Å². The molecule has 2 aliphatic rings. The summed E-state index contributed by atoms with van der Waals surface area (Å²) in [6.07, 6.45) is 5.86. The zero-order valence-electron chi connectivity index (χ0n) is 6.83. The Kier molecular flexibility index (Phi) is 1.01. The molecule has 0 fully saturated rings. The van der Waals surface area contributed by atoms with Gasteiger partial charge in [-0.25, -0.2) is 0 Å². The largest absolute Gasteiger partial charge is 0.398 e. The van der Waals surface area contributed by atoms with Crippen molar-refractivity contribution < 1.29 is 0 Å². The first-order valence-electron chi connectivity index (χ1n) is 4.43. The number of hydrogen-bond acceptors (Lipinski definition) is 1. The summed E-state index contributed by atoms with van der Waals surface area (Å²) in [6, 6.07) is 6.27. The van der Waals surface area contributed by atoms with E-state index >= 15 is 0 Å². The molecular formula is C11H11N. The van der Waals surface area contributed by atoms with Crippen molar-refractivity contribution in [1.29, 1.82) is 0 Å². The summed E-state index contributed by atoms with van der Waals surface area (Å²) in [4.78, 5) is 0. The van der Waals surface area contributed by atoms with Crippen LogP contribution in [0.3, 0.4) is 0 Å². The Balaban J connectivity index is 2.30. The van der Waals surface area contributed by atoms with Gasteiger partial charge in [-0.05, 0) is 23.6 Å². The van der Waals surface area contributed by atoms with Gasteiger partial charge in [0, 0.05) is 17.5 Å². The molecule has 2 aliphatic carbocycles. The Morgan fingerprint density at radius 3 is 2.83 bits per heavy atom. The first kappa shape index (κ1) is 6.30. The summed E-state index contributed by atoms with van der Waals surface area (Å²) in [6.45, 7) is 0. The molecule has 1 nitrogen and oxygen atoms in total. The highest BCUT2D eigenvalue weighted by Crippen LogP contribution is 2.50. The molecule has 0 saturated heterocycles. The van der Waals surface area contributed by atoms with E-state index < -0.39 is 0 Å². The van der Waals surface area contributed by atoms with Gasteiger partial charge in [0.25, 0.3) is 0 Å². The van der Waals surface area contributed by atoms with Crippen molar-refractivity contribution >= 4 is 5.69 Å². The molecule has 1 aromatic carbocycles. The lowest BCUT2D eigenvalue weighted by atomic mass is 9.95. The number of rotatable bonds is 0. The topological polar surface area (TPSA) is 26.0 Å². The van der Waals surface area contributed by atoms with Crippen molar-refractivity contribution in [2.45, 2.75) is 18.3 Å². The van der Waals surface area contributed by atoms with Crippen LogP contribution in [-0.4, -0.2) is 0 Å². The first-order chi connectivity index (χ1) is 5.86. The molecule has 0 unspecified atom stereocenters. The SMILES string of the molecule is Nc1cccc2c1[C@H]1C=C[C@@H]2C1. The van der Waals surface area contributed by atoms with E-state index in [4.69, 9.17) is 5.73 Å². The predicted octanol–water partition coefficient (Wildman–Crippen LogP) is 2.41. The van der Waals surface area contributed by atoms with Crippen molar-refractivity contribution in [2.75, 3.05) is 5.73 Å². The molecule has 2 N–H and O–H groups in total. The minimum atomic E-state index is 0.617.